The van der Waals surface area contributed by atoms with E-state index < -0.39 is 6.10 Å². The van der Waals surface area contributed by atoms with Gasteiger partial charge in [0.2, 0.25) is 0 Å². The highest BCUT2D eigenvalue weighted by Crippen LogP contribution is 2.21. The molecule has 0 fully saturated rings. The molecule has 4 heteroatoms. The average Bonchev–Trinajstić information content (AvgIpc) is 2.59. The number of aryl methyl sites for hydroxylation is 1. The second-order valence-corrected chi connectivity index (χ2v) is 6.89. The Bertz CT molecular complexity index is 658. The van der Waals surface area contributed by atoms with Crippen LogP contribution < -0.4 is 10.1 Å². The van der Waals surface area contributed by atoms with Crippen molar-refractivity contribution in [2.75, 3.05) is 12.3 Å². The molecule has 1 amide bonds. The monoisotopic (exact) mass is 343 g/mol. The summed E-state index contributed by atoms with van der Waals surface area (Å²) in [5.41, 5.74) is 3.55. The Kier molecular flexibility index (Phi) is 7.19. The lowest BCUT2D eigenvalue weighted by molar-refractivity contribution is -0.127. The largest absolute Gasteiger partial charge is 0.481 e. The van der Waals surface area contributed by atoms with Crippen molar-refractivity contribution in [3.05, 3.63) is 65.2 Å². The predicted molar refractivity (Wildman–Crippen MR) is 102 cm³/mol. The van der Waals surface area contributed by atoms with Crippen molar-refractivity contribution in [1.82, 2.24) is 5.32 Å². The molecule has 24 heavy (non-hydrogen) atoms. The van der Waals surface area contributed by atoms with Crippen molar-refractivity contribution < 1.29 is 9.53 Å². The van der Waals surface area contributed by atoms with Crippen LogP contribution in [0.25, 0.3) is 0 Å². The van der Waals surface area contributed by atoms with Gasteiger partial charge in [0.1, 0.15) is 5.75 Å². The molecule has 0 aliphatic carbocycles. The topological polar surface area (TPSA) is 38.3 Å². The van der Waals surface area contributed by atoms with Crippen LogP contribution in [0, 0.1) is 13.8 Å². The molecule has 2 rings (SSSR count). The summed E-state index contributed by atoms with van der Waals surface area (Å²) in [7, 11) is 0. The van der Waals surface area contributed by atoms with Gasteiger partial charge in [-0.15, -0.1) is 0 Å². The third-order valence-corrected chi connectivity index (χ3v) is 4.92. The van der Waals surface area contributed by atoms with Crippen molar-refractivity contribution in [3.63, 3.8) is 0 Å². The highest BCUT2D eigenvalue weighted by Gasteiger charge is 2.15. The maximum absolute atomic E-state index is 12.1. The lowest BCUT2D eigenvalue weighted by Gasteiger charge is -2.17. The summed E-state index contributed by atoms with van der Waals surface area (Å²) >= 11 is 1.81. The number of nitrogens with one attached hydrogen (secondary N) is 1. The SMILES string of the molecule is Cc1cccc(O[C@@H](C)C(=O)NCCSCc2ccccc2)c1C. The first-order chi connectivity index (χ1) is 11.6. The molecule has 0 aliphatic heterocycles. The molecule has 0 radical (unpaired) electrons. The van der Waals surface area contributed by atoms with Gasteiger partial charge >= 0.3 is 0 Å². The van der Waals surface area contributed by atoms with Crippen molar-refractivity contribution in [2.24, 2.45) is 0 Å². The first-order valence-electron chi connectivity index (χ1n) is 8.20. The van der Waals surface area contributed by atoms with Crippen LogP contribution in [-0.2, 0) is 10.5 Å². The van der Waals surface area contributed by atoms with Gasteiger partial charge < -0.3 is 10.1 Å². The van der Waals surface area contributed by atoms with Gasteiger partial charge in [-0.2, -0.15) is 11.8 Å². The van der Waals surface area contributed by atoms with Crippen molar-refractivity contribution in [2.45, 2.75) is 32.6 Å². The molecule has 0 saturated carbocycles. The zero-order valence-electron chi connectivity index (χ0n) is 14.5. The zero-order valence-corrected chi connectivity index (χ0v) is 15.4. The van der Waals surface area contributed by atoms with Crippen LogP contribution >= 0.6 is 11.8 Å². The normalized spacial score (nSPS) is 11.8. The van der Waals surface area contributed by atoms with E-state index in [0.717, 1.165) is 28.4 Å². The highest BCUT2D eigenvalue weighted by molar-refractivity contribution is 7.98. The molecule has 1 N–H and O–H groups in total. The minimum absolute atomic E-state index is 0.0729. The fraction of sp³-hybridized carbons (Fsp3) is 0.350. The van der Waals surface area contributed by atoms with E-state index in [0.29, 0.717) is 6.54 Å². The van der Waals surface area contributed by atoms with Gasteiger partial charge in [-0.1, -0.05) is 42.5 Å². The number of amides is 1. The smallest absolute Gasteiger partial charge is 0.260 e. The molecule has 1 atom stereocenters. The second kappa shape index (κ2) is 9.38. The van der Waals surface area contributed by atoms with E-state index >= 15 is 0 Å². The fourth-order valence-corrected chi connectivity index (χ4v) is 3.07. The zero-order chi connectivity index (χ0) is 17.4. The van der Waals surface area contributed by atoms with Crippen LogP contribution in [0.5, 0.6) is 5.75 Å². The van der Waals surface area contributed by atoms with E-state index in [2.05, 4.69) is 17.4 Å². The summed E-state index contributed by atoms with van der Waals surface area (Å²) in [6, 6.07) is 16.2. The summed E-state index contributed by atoms with van der Waals surface area (Å²) in [6.45, 7) is 6.48. The van der Waals surface area contributed by atoms with Gasteiger partial charge in [0.25, 0.3) is 5.91 Å². The Morgan fingerprint density at radius 3 is 2.62 bits per heavy atom. The summed E-state index contributed by atoms with van der Waals surface area (Å²) in [4.78, 5) is 12.1. The molecule has 0 spiro atoms. The van der Waals surface area contributed by atoms with Gasteiger partial charge in [-0.3, -0.25) is 4.79 Å². The summed E-state index contributed by atoms with van der Waals surface area (Å²) in [5, 5.41) is 2.94. The molecule has 128 valence electrons. The highest BCUT2D eigenvalue weighted by atomic mass is 32.2. The Morgan fingerprint density at radius 2 is 1.88 bits per heavy atom. The van der Waals surface area contributed by atoms with E-state index in [-0.39, 0.29) is 5.91 Å². The van der Waals surface area contributed by atoms with E-state index in [1.807, 2.05) is 62.0 Å². The minimum Gasteiger partial charge on any atom is -0.481 e. The molecule has 3 nitrogen and oxygen atoms in total. The summed E-state index contributed by atoms with van der Waals surface area (Å²) < 4.78 is 5.80. The van der Waals surface area contributed by atoms with Gasteiger partial charge in [-0.25, -0.2) is 0 Å². The summed E-state index contributed by atoms with van der Waals surface area (Å²) in [6.07, 6.45) is -0.496. The Balaban J connectivity index is 1.69. The number of ether oxygens (including phenoxy) is 1. The number of hydrogen-bond donors (Lipinski definition) is 1. The summed E-state index contributed by atoms with van der Waals surface area (Å²) in [5.74, 6) is 2.55. The van der Waals surface area contributed by atoms with Crippen LogP contribution in [-0.4, -0.2) is 24.3 Å². The molecule has 0 heterocycles. The van der Waals surface area contributed by atoms with Crippen LogP contribution in [0.4, 0.5) is 0 Å². The Labute approximate surface area is 148 Å². The Morgan fingerprint density at radius 1 is 1.12 bits per heavy atom. The quantitative estimate of drug-likeness (QED) is 0.733. The first-order valence-corrected chi connectivity index (χ1v) is 9.35. The molecule has 0 bridgehead atoms. The van der Waals surface area contributed by atoms with Crippen LogP contribution in [0.15, 0.2) is 48.5 Å². The number of rotatable bonds is 8. The number of thioether (sulfide) groups is 1. The van der Waals surface area contributed by atoms with Crippen LogP contribution in [0.3, 0.4) is 0 Å². The van der Waals surface area contributed by atoms with Crippen LogP contribution in [0.2, 0.25) is 0 Å². The minimum atomic E-state index is -0.496. The standard InChI is InChI=1S/C20H25NO2S/c1-15-8-7-11-19(16(15)2)23-17(3)20(22)21-12-13-24-14-18-9-5-4-6-10-18/h4-11,17H,12-14H2,1-3H3,(H,21,22)/t17-/m0/s1. The van der Waals surface area contributed by atoms with E-state index in [1.54, 1.807) is 6.92 Å². The number of benzene rings is 2. The lowest BCUT2D eigenvalue weighted by Crippen LogP contribution is -2.37. The van der Waals surface area contributed by atoms with Gasteiger partial charge in [0.15, 0.2) is 6.10 Å². The molecular weight excluding hydrogens is 318 g/mol. The fourth-order valence-electron chi connectivity index (χ4n) is 2.25. The van der Waals surface area contributed by atoms with Gasteiger partial charge in [0, 0.05) is 18.1 Å². The van der Waals surface area contributed by atoms with Crippen molar-refractivity contribution >= 4 is 17.7 Å². The van der Waals surface area contributed by atoms with E-state index in [1.165, 1.54) is 5.56 Å². The number of carbonyl (C=O) groups is 1. The molecule has 0 saturated heterocycles. The molecule has 2 aromatic carbocycles. The maximum Gasteiger partial charge on any atom is 0.260 e. The Hall–Kier alpha value is -1.94. The molecule has 0 aromatic heterocycles. The number of hydrogen-bond acceptors (Lipinski definition) is 3. The van der Waals surface area contributed by atoms with E-state index in [4.69, 9.17) is 4.74 Å². The van der Waals surface area contributed by atoms with Crippen LogP contribution in [0.1, 0.15) is 23.6 Å². The van der Waals surface area contributed by atoms with Crippen molar-refractivity contribution in [3.8, 4) is 5.75 Å². The molecule has 2 aromatic rings. The third kappa shape index (κ3) is 5.60. The maximum atomic E-state index is 12.1. The second-order valence-electron chi connectivity index (χ2n) is 5.79. The lowest BCUT2D eigenvalue weighted by atomic mass is 10.1. The molecular formula is C20H25NO2S. The van der Waals surface area contributed by atoms with Gasteiger partial charge in [0.05, 0.1) is 0 Å². The van der Waals surface area contributed by atoms with Gasteiger partial charge in [-0.05, 0) is 43.5 Å². The van der Waals surface area contributed by atoms with Crippen molar-refractivity contribution in [1.29, 1.82) is 0 Å². The molecule has 0 aliphatic rings. The third-order valence-electron chi connectivity index (χ3n) is 3.89. The predicted octanol–water partition coefficient (Wildman–Crippen LogP) is 4.12. The number of carbonyl (C=O) groups excluding carboxylic acids is 1. The van der Waals surface area contributed by atoms with E-state index in [9.17, 15) is 4.79 Å². The first kappa shape index (κ1) is 18.4. The molecule has 0 unspecified atom stereocenters. The average molecular weight is 343 g/mol.